The number of nitrogens with two attached hydrogens (primary N) is 1. The van der Waals surface area contributed by atoms with Gasteiger partial charge in [-0.25, -0.2) is 0 Å². The summed E-state index contributed by atoms with van der Waals surface area (Å²) in [6.45, 7) is 1.25. The Morgan fingerprint density at radius 3 is 2.36 bits per heavy atom. The monoisotopic (exact) mass is 203 g/mol. The average Bonchev–Trinajstić information content (AvgIpc) is 2.15. The lowest BCUT2D eigenvalue weighted by Crippen LogP contribution is -2.09. The lowest BCUT2D eigenvalue weighted by molar-refractivity contribution is -0.118. The van der Waals surface area contributed by atoms with E-state index in [4.69, 9.17) is 15.6 Å². The van der Waals surface area contributed by atoms with Gasteiger partial charge in [0.15, 0.2) is 0 Å². The van der Waals surface area contributed by atoms with Gasteiger partial charge in [0.1, 0.15) is 0 Å². The average molecular weight is 203 g/mol. The van der Waals surface area contributed by atoms with Crippen LogP contribution in [-0.2, 0) is 9.53 Å². The fourth-order valence-electron chi connectivity index (χ4n) is 1.20. The lowest BCUT2D eigenvalue weighted by atomic mass is 10.1. The number of hydrogen-bond acceptors (Lipinski definition) is 3. The van der Waals surface area contributed by atoms with Gasteiger partial charge >= 0.3 is 0 Å². The SMILES string of the molecule is NC(=O)CCCCCCCOCCO. The maximum Gasteiger partial charge on any atom is 0.217 e. The molecule has 0 atom stereocenters. The van der Waals surface area contributed by atoms with E-state index in [1.807, 2.05) is 0 Å². The van der Waals surface area contributed by atoms with Crippen LogP contribution in [-0.4, -0.2) is 30.8 Å². The smallest absolute Gasteiger partial charge is 0.217 e. The summed E-state index contributed by atoms with van der Waals surface area (Å²) in [7, 11) is 0. The molecule has 0 unspecified atom stereocenters. The summed E-state index contributed by atoms with van der Waals surface area (Å²) in [5.74, 6) is -0.212. The van der Waals surface area contributed by atoms with Gasteiger partial charge in [0.05, 0.1) is 13.2 Å². The topological polar surface area (TPSA) is 72.6 Å². The number of primary amides is 1. The van der Waals surface area contributed by atoms with Crippen molar-refractivity contribution in [3.05, 3.63) is 0 Å². The van der Waals surface area contributed by atoms with Gasteiger partial charge < -0.3 is 15.6 Å². The van der Waals surface area contributed by atoms with Crippen LogP contribution in [0.4, 0.5) is 0 Å². The Morgan fingerprint density at radius 2 is 1.71 bits per heavy atom. The highest BCUT2D eigenvalue weighted by atomic mass is 16.5. The van der Waals surface area contributed by atoms with Crippen molar-refractivity contribution >= 4 is 5.91 Å². The first-order valence-electron chi connectivity index (χ1n) is 5.24. The van der Waals surface area contributed by atoms with E-state index < -0.39 is 0 Å². The Labute approximate surface area is 85.4 Å². The number of rotatable bonds is 10. The Balaban J connectivity index is 2.88. The molecule has 0 aromatic carbocycles. The van der Waals surface area contributed by atoms with Crippen LogP contribution in [0.15, 0.2) is 0 Å². The lowest BCUT2D eigenvalue weighted by Gasteiger charge is -2.01. The van der Waals surface area contributed by atoms with Crippen LogP contribution in [0, 0.1) is 0 Å². The second kappa shape index (κ2) is 10.5. The first-order chi connectivity index (χ1) is 6.77. The molecule has 3 N–H and O–H groups in total. The summed E-state index contributed by atoms with van der Waals surface area (Å²) in [5.41, 5.74) is 5.01. The molecule has 4 nitrogen and oxygen atoms in total. The van der Waals surface area contributed by atoms with E-state index >= 15 is 0 Å². The van der Waals surface area contributed by atoms with Crippen molar-refractivity contribution in [2.75, 3.05) is 19.8 Å². The van der Waals surface area contributed by atoms with Crippen LogP contribution >= 0.6 is 0 Å². The molecule has 0 saturated carbocycles. The molecular formula is C10H21NO3. The molecule has 0 saturated heterocycles. The summed E-state index contributed by atoms with van der Waals surface area (Å²) < 4.78 is 5.10. The summed E-state index contributed by atoms with van der Waals surface area (Å²) in [6.07, 6.45) is 5.72. The Hall–Kier alpha value is -0.610. The maximum atomic E-state index is 10.4. The Kier molecular flexibility index (Phi) is 10.0. The van der Waals surface area contributed by atoms with E-state index in [0.29, 0.717) is 13.0 Å². The predicted molar refractivity (Wildman–Crippen MR) is 54.8 cm³/mol. The highest BCUT2D eigenvalue weighted by molar-refractivity contribution is 5.73. The van der Waals surface area contributed by atoms with Crippen LogP contribution in [0.2, 0.25) is 0 Å². The van der Waals surface area contributed by atoms with Crippen molar-refractivity contribution in [3.8, 4) is 0 Å². The van der Waals surface area contributed by atoms with E-state index in [0.717, 1.165) is 38.7 Å². The number of aliphatic hydroxyl groups is 1. The molecule has 0 fully saturated rings. The van der Waals surface area contributed by atoms with Gasteiger partial charge in [0.2, 0.25) is 5.91 Å². The van der Waals surface area contributed by atoms with Crippen LogP contribution in [0.25, 0.3) is 0 Å². The van der Waals surface area contributed by atoms with E-state index in [9.17, 15) is 4.79 Å². The summed E-state index contributed by atoms with van der Waals surface area (Å²) in [5, 5.41) is 8.42. The first-order valence-corrected chi connectivity index (χ1v) is 5.24. The van der Waals surface area contributed by atoms with Crippen molar-refractivity contribution in [1.29, 1.82) is 0 Å². The van der Waals surface area contributed by atoms with Gasteiger partial charge in [0, 0.05) is 13.0 Å². The van der Waals surface area contributed by atoms with E-state index in [-0.39, 0.29) is 12.5 Å². The van der Waals surface area contributed by atoms with Gasteiger partial charge in [-0.1, -0.05) is 19.3 Å². The van der Waals surface area contributed by atoms with Crippen LogP contribution in [0.5, 0.6) is 0 Å². The molecule has 0 aliphatic rings. The normalized spacial score (nSPS) is 10.4. The third-order valence-corrected chi connectivity index (χ3v) is 1.95. The molecule has 84 valence electrons. The molecular weight excluding hydrogens is 182 g/mol. The minimum Gasteiger partial charge on any atom is -0.394 e. The molecule has 0 rings (SSSR count). The van der Waals surface area contributed by atoms with Crippen molar-refractivity contribution in [3.63, 3.8) is 0 Å². The van der Waals surface area contributed by atoms with Crippen molar-refractivity contribution in [2.45, 2.75) is 38.5 Å². The van der Waals surface area contributed by atoms with Crippen molar-refractivity contribution < 1.29 is 14.6 Å². The third kappa shape index (κ3) is 11.4. The highest BCUT2D eigenvalue weighted by Gasteiger charge is 1.94. The number of carbonyl (C=O) groups excluding carboxylic acids is 1. The number of hydrogen-bond donors (Lipinski definition) is 2. The Bertz CT molecular complexity index is 139. The molecule has 0 aromatic rings. The molecule has 0 spiro atoms. The Morgan fingerprint density at radius 1 is 1.07 bits per heavy atom. The summed E-state index contributed by atoms with van der Waals surface area (Å²) >= 11 is 0. The predicted octanol–water partition coefficient (Wildman–Crippen LogP) is 0.821. The summed E-state index contributed by atoms with van der Waals surface area (Å²) in [4.78, 5) is 10.4. The minimum atomic E-state index is -0.212. The zero-order chi connectivity index (χ0) is 10.6. The van der Waals surface area contributed by atoms with Crippen LogP contribution < -0.4 is 5.73 Å². The number of unbranched alkanes of at least 4 members (excludes halogenated alkanes) is 4. The zero-order valence-corrected chi connectivity index (χ0v) is 8.71. The van der Waals surface area contributed by atoms with E-state index in [2.05, 4.69) is 0 Å². The highest BCUT2D eigenvalue weighted by Crippen LogP contribution is 2.04. The molecule has 0 radical (unpaired) electrons. The fourth-order valence-corrected chi connectivity index (χ4v) is 1.20. The number of aliphatic hydroxyl groups excluding tert-OH is 1. The van der Waals surface area contributed by atoms with Gasteiger partial charge in [0.25, 0.3) is 0 Å². The van der Waals surface area contributed by atoms with Crippen LogP contribution in [0.1, 0.15) is 38.5 Å². The van der Waals surface area contributed by atoms with Gasteiger partial charge in [-0.3, -0.25) is 4.79 Å². The molecule has 4 heteroatoms. The van der Waals surface area contributed by atoms with E-state index in [1.54, 1.807) is 0 Å². The standard InChI is InChI=1S/C10H21NO3/c11-10(13)6-4-2-1-3-5-8-14-9-7-12/h12H,1-9H2,(H2,11,13). The second-order valence-corrected chi connectivity index (χ2v) is 3.32. The van der Waals surface area contributed by atoms with Gasteiger partial charge in [-0.15, -0.1) is 0 Å². The van der Waals surface area contributed by atoms with Crippen molar-refractivity contribution in [1.82, 2.24) is 0 Å². The molecule has 0 aliphatic heterocycles. The molecule has 0 heterocycles. The molecule has 0 bridgehead atoms. The fraction of sp³-hybridized carbons (Fsp3) is 0.900. The largest absolute Gasteiger partial charge is 0.394 e. The van der Waals surface area contributed by atoms with Crippen molar-refractivity contribution in [2.24, 2.45) is 5.73 Å². The number of ether oxygens (including phenoxy) is 1. The molecule has 1 amide bonds. The maximum absolute atomic E-state index is 10.4. The number of carbonyl (C=O) groups is 1. The van der Waals surface area contributed by atoms with Gasteiger partial charge in [-0.2, -0.15) is 0 Å². The minimum absolute atomic E-state index is 0.0958. The van der Waals surface area contributed by atoms with Crippen LogP contribution in [0.3, 0.4) is 0 Å². The molecule has 14 heavy (non-hydrogen) atoms. The summed E-state index contributed by atoms with van der Waals surface area (Å²) in [6, 6.07) is 0. The quantitative estimate of drug-likeness (QED) is 0.516. The van der Waals surface area contributed by atoms with E-state index in [1.165, 1.54) is 0 Å². The number of amides is 1. The molecule has 0 aliphatic carbocycles. The first kappa shape index (κ1) is 13.4. The zero-order valence-electron chi connectivity index (χ0n) is 8.71. The third-order valence-electron chi connectivity index (χ3n) is 1.95. The van der Waals surface area contributed by atoms with Gasteiger partial charge in [-0.05, 0) is 12.8 Å². The second-order valence-electron chi connectivity index (χ2n) is 3.32. The molecule has 0 aromatic heterocycles.